The third-order valence-corrected chi connectivity index (χ3v) is 7.64. The van der Waals surface area contributed by atoms with Crippen LogP contribution in [0.5, 0.6) is 5.75 Å². The van der Waals surface area contributed by atoms with Gasteiger partial charge in [0.25, 0.3) is 11.8 Å². The molecule has 0 bridgehead atoms. The number of hydrogen-bond donors (Lipinski definition) is 0. The first-order valence-electron chi connectivity index (χ1n) is 14.5. The van der Waals surface area contributed by atoms with E-state index in [2.05, 4.69) is 18.9 Å². The Hall–Kier alpha value is -2.83. The Morgan fingerprint density at radius 1 is 0.919 bits per heavy atom. The van der Waals surface area contributed by atoms with E-state index < -0.39 is 0 Å². The van der Waals surface area contributed by atoms with E-state index in [-0.39, 0.29) is 24.0 Å². The highest BCUT2D eigenvalue weighted by molar-refractivity contribution is 5.97. The van der Waals surface area contributed by atoms with Gasteiger partial charge in [0.05, 0.1) is 11.6 Å². The zero-order valence-corrected chi connectivity index (χ0v) is 22.7. The molecule has 7 heteroatoms. The van der Waals surface area contributed by atoms with Crippen molar-refractivity contribution in [2.75, 3.05) is 19.6 Å². The molecule has 2 aliphatic rings. The minimum atomic E-state index is -0.144. The Morgan fingerprint density at radius 3 is 2.46 bits per heavy atom. The lowest BCUT2D eigenvalue weighted by atomic mass is 9.90. The summed E-state index contributed by atoms with van der Waals surface area (Å²) < 4.78 is 8.53. The van der Waals surface area contributed by atoms with Crippen LogP contribution in [0.1, 0.15) is 105 Å². The first kappa shape index (κ1) is 27.2. The first-order valence-corrected chi connectivity index (χ1v) is 14.5. The molecule has 1 saturated carbocycles. The van der Waals surface area contributed by atoms with Gasteiger partial charge in [-0.1, -0.05) is 51.7 Å². The maximum absolute atomic E-state index is 13.8. The molecule has 2 amide bonds. The SMILES string of the molecule is CCCN1CCCCCCCN(C(=O)c2ccn(CCC)n2)[C@@H]2CCCC[C@@H]2Oc2ccccc2C1=O. The second kappa shape index (κ2) is 13.6. The molecular formula is C30H44N4O3. The van der Waals surface area contributed by atoms with Crippen LogP contribution < -0.4 is 4.74 Å². The number of amides is 2. The van der Waals surface area contributed by atoms with Gasteiger partial charge in [0.2, 0.25) is 0 Å². The van der Waals surface area contributed by atoms with Crippen molar-refractivity contribution < 1.29 is 14.3 Å². The van der Waals surface area contributed by atoms with E-state index >= 15 is 0 Å². The Bertz CT molecular complexity index is 1020. The Labute approximate surface area is 222 Å². The van der Waals surface area contributed by atoms with Gasteiger partial charge < -0.3 is 14.5 Å². The smallest absolute Gasteiger partial charge is 0.274 e. The van der Waals surface area contributed by atoms with Gasteiger partial charge in [0.15, 0.2) is 0 Å². The van der Waals surface area contributed by atoms with Crippen molar-refractivity contribution in [1.29, 1.82) is 0 Å². The van der Waals surface area contributed by atoms with Crippen molar-refractivity contribution in [3.05, 3.63) is 47.8 Å². The van der Waals surface area contributed by atoms with Crippen LogP contribution in [-0.2, 0) is 6.54 Å². The molecule has 1 aromatic heterocycles. The molecule has 4 rings (SSSR count). The van der Waals surface area contributed by atoms with Crippen molar-refractivity contribution in [3.8, 4) is 5.75 Å². The third-order valence-electron chi connectivity index (χ3n) is 7.64. The number of benzene rings is 1. The Morgan fingerprint density at radius 2 is 1.65 bits per heavy atom. The number of aromatic nitrogens is 2. The van der Waals surface area contributed by atoms with E-state index in [9.17, 15) is 9.59 Å². The molecule has 2 atom stereocenters. The molecule has 0 spiro atoms. The first-order chi connectivity index (χ1) is 18.1. The molecule has 1 aliphatic heterocycles. The van der Waals surface area contributed by atoms with Crippen LogP contribution in [0.3, 0.4) is 0 Å². The number of nitrogens with zero attached hydrogens (tertiary/aromatic N) is 4. The summed E-state index contributed by atoms with van der Waals surface area (Å²) in [5, 5.41) is 4.59. The monoisotopic (exact) mass is 508 g/mol. The van der Waals surface area contributed by atoms with Gasteiger partial charge in [-0.15, -0.1) is 0 Å². The van der Waals surface area contributed by atoms with Crippen LogP contribution in [0.4, 0.5) is 0 Å². The number of para-hydroxylation sites is 1. The molecule has 1 aromatic carbocycles. The molecule has 2 aromatic rings. The van der Waals surface area contributed by atoms with Gasteiger partial charge in [0.1, 0.15) is 17.5 Å². The summed E-state index contributed by atoms with van der Waals surface area (Å²) in [6, 6.07) is 9.48. The van der Waals surface area contributed by atoms with Crippen molar-refractivity contribution in [1.82, 2.24) is 19.6 Å². The fourth-order valence-electron chi connectivity index (χ4n) is 5.75. The fourth-order valence-corrected chi connectivity index (χ4v) is 5.75. The lowest BCUT2D eigenvalue weighted by Gasteiger charge is -2.40. The number of rotatable bonds is 5. The number of ether oxygens (including phenoxy) is 1. The largest absolute Gasteiger partial charge is 0.487 e. The van der Waals surface area contributed by atoms with Crippen LogP contribution in [-0.4, -0.2) is 63.2 Å². The van der Waals surface area contributed by atoms with E-state index in [1.54, 1.807) is 0 Å². The molecule has 1 aliphatic carbocycles. The van der Waals surface area contributed by atoms with Gasteiger partial charge in [-0.25, -0.2) is 0 Å². The molecule has 0 saturated heterocycles. The molecule has 2 heterocycles. The molecule has 0 radical (unpaired) electrons. The maximum atomic E-state index is 13.8. The summed E-state index contributed by atoms with van der Waals surface area (Å²) in [4.78, 5) is 31.4. The van der Waals surface area contributed by atoms with Gasteiger partial charge in [-0.3, -0.25) is 14.3 Å². The van der Waals surface area contributed by atoms with Crippen LogP contribution in [0, 0.1) is 0 Å². The average molecular weight is 509 g/mol. The predicted octanol–water partition coefficient (Wildman–Crippen LogP) is 5.94. The van der Waals surface area contributed by atoms with Gasteiger partial charge in [-0.2, -0.15) is 5.10 Å². The topological polar surface area (TPSA) is 67.7 Å². The van der Waals surface area contributed by atoms with E-state index in [4.69, 9.17) is 4.74 Å². The van der Waals surface area contributed by atoms with Crippen molar-refractivity contribution >= 4 is 11.8 Å². The minimum Gasteiger partial charge on any atom is -0.487 e. The third kappa shape index (κ3) is 6.93. The summed E-state index contributed by atoms with van der Waals surface area (Å²) in [6.07, 6.45) is 12.8. The van der Waals surface area contributed by atoms with Gasteiger partial charge in [0, 0.05) is 32.4 Å². The van der Waals surface area contributed by atoms with E-state index in [1.165, 1.54) is 0 Å². The minimum absolute atomic E-state index is 0.00171. The zero-order chi connectivity index (χ0) is 26.0. The number of hydrogen-bond acceptors (Lipinski definition) is 4. The molecule has 37 heavy (non-hydrogen) atoms. The van der Waals surface area contributed by atoms with Gasteiger partial charge >= 0.3 is 0 Å². The molecule has 1 fully saturated rings. The van der Waals surface area contributed by atoms with E-state index in [1.807, 2.05) is 51.0 Å². The number of fused-ring (bicyclic) bond motifs is 2. The summed E-state index contributed by atoms with van der Waals surface area (Å²) in [5.74, 6) is 0.687. The predicted molar refractivity (Wildman–Crippen MR) is 146 cm³/mol. The highest BCUT2D eigenvalue weighted by atomic mass is 16.5. The quantitative estimate of drug-likeness (QED) is 0.501. The lowest BCUT2D eigenvalue weighted by Crippen LogP contribution is -2.51. The highest BCUT2D eigenvalue weighted by Crippen LogP contribution is 2.31. The van der Waals surface area contributed by atoms with Crippen LogP contribution in [0.25, 0.3) is 0 Å². The maximum Gasteiger partial charge on any atom is 0.274 e. The van der Waals surface area contributed by atoms with Crippen LogP contribution >= 0.6 is 0 Å². The fraction of sp³-hybridized carbons (Fsp3) is 0.633. The average Bonchev–Trinajstić information content (AvgIpc) is 3.38. The highest BCUT2D eigenvalue weighted by Gasteiger charge is 2.36. The van der Waals surface area contributed by atoms with Crippen molar-refractivity contribution in [3.63, 3.8) is 0 Å². The normalized spacial score (nSPS) is 21.8. The van der Waals surface area contributed by atoms with Crippen LogP contribution in [0.15, 0.2) is 36.5 Å². The summed E-state index contributed by atoms with van der Waals surface area (Å²) >= 11 is 0. The van der Waals surface area contributed by atoms with Crippen LogP contribution in [0.2, 0.25) is 0 Å². The molecule has 7 nitrogen and oxygen atoms in total. The zero-order valence-electron chi connectivity index (χ0n) is 22.7. The summed E-state index contributed by atoms with van der Waals surface area (Å²) in [7, 11) is 0. The number of carbonyl (C=O) groups excluding carboxylic acids is 2. The number of aryl methyl sites for hydroxylation is 1. The van der Waals surface area contributed by atoms with Crippen molar-refractivity contribution in [2.24, 2.45) is 0 Å². The second-order valence-electron chi connectivity index (χ2n) is 10.5. The van der Waals surface area contributed by atoms with Crippen molar-refractivity contribution in [2.45, 2.75) is 103 Å². The Kier molecular flexibility index (Phi) is 10.0. The standard InChI is InChI=1S/C30H44N4O3/c1-3-19-32-21-12-6-5-7-13-22-34(30(36)25-18-23-33(31-25)20-4-2)26-15-9-11-17-28(26)37-27-16-10-8-14-24(27)29(32)35/h8,10,14,16,18,23,26,28H,3-7,9,11-13,15,17,19-22H2,1-2H3/t26-,28+/m1/s1. The van der Waals surface area contributed by atoms with E-state index in [0.29, 0.717) is 23.6 Å². The van der Waals surface area contributed by atoms with E-state index in [0.717, 1.165) is 90.3 Å². The molecule has 0 N–H and O–H groups in total. The number of carbonyl (C=O) groups is 2. The second-order valence-corrected chi connectivity index (χ2v) is 10.5. The Balaban J connectivity index is 1.64. The van der Waals surface area contributed by atoms with Gasteiger partial charge in [-0.05, 0) is 63.1 Å². The molecule has 0 unspecified atom stereocenters. The summed E-state index contributed by atoms with van der Waals surface area (Å²) in [6.45, 7) is 7.29. The molecular weight excluding hydrogens is 464 g/mol. The lowest BCUT2D eigenvalue weighted by molar-refractivity contribution is 0.0265. The molecule has 202 valence electrons. The summed E-state index contributed by atoms with van der Waals surface area (Å²) in [5.41, 5.74) is 1.15.